The molecule has 1 fully saturated rings. The molecular formula is C21H23BFNO4S. The number of aromatic nitrogens is 1. The predicted molar refractivity (Wildman–Crippen MR) is 111 cm³/mol. The maximum absolute atomic E-state index is 14.0. The average Bonchev–Trinajstić information content (AvgIpc) is 3.09. The average molecular weight is 415 g/mol. The zero-order valence-electron chi connectivity index (χ0n) is 17.1. The van der Waals surface area contributed by atoms with Crippen LogP contribution in [-0.4, -0.2) is 30.7 Å². The smallest absolute Gasteiger partial charge is 0.399 e. The van der Waals surface area contributed by atoms with E-state index in [2.05, 4.69) is 0 Å². The van der Waals surface area contributed by atoms with Crippen molar-refractivity contribution in [3.63, 3.8) is 0 Å². The van der Waals surface area contributed by atoms with Crippen molar-refractivity contribution in [1.29, 1.82) is 0 Å². The molecule has 0 atom stereocenters. The highest BCUT2D eigenvalue weighted by atomic mass is 32.2. The van der Waals surface area contributed by atoms with Crippen molar-refractivity contribution in [3.05, 3.63) is 60.0 Å². The van der Waals surface area contributed by atoms with Crippen LogP contribution in [0, 0.1) is 12.7 Å². The van der Waals surface area contributed by atoms with Crippen LogP contribution in [0.3, 0.4) is 0 Å². The third-order valence-electron chi connectivity index (χ3n) is 5.85. The lowest BCUT2D eigenvalue weighted by atomic mass is 9.79. The second kappa shape index (κ2) is 6.42. The van der Waals surface area contributed by atoms with E-state index in [-0.39, 0.29) is 10.4 Å². The first kappa shape index (κ1) is 20.1. The van der Waals surface area contributed by atoms with E-state index in [4.69, 9.17) is 9.31 Å². The Morgan fingerprint density at radius 3 is 2.14 bits per heavy atom. The van der Waals surface area contributed by atoms with E-state index in [1.165, 1.54) is 18.3 Å². The van der Waals surface area contributed by atoms with Gasteiger partial charge in [0.1, 0.15) is 5.82 Å². The van der Waals surface area contributed by atoms with Gasteiger partial charge in [-0.25, -0.2) is 16.8 Å². The summed E-state index contributed by atoms with van der Waals surface area (Å²) in [6, 6.07) is 10.6. The van der Waals surface area contributed by atoms with Crippen LogP contribution in [0.2, 0.25) is 0 Å². The van der Waals surface area contributed by atoms with Crippen LogP contribution >= 0.6 is 0 Å². The molecule has 3 aromatic rings. The molecule has 1 aromatic heterocycles. The fourth-order valence-electron chi connectivity index (χ4n) is 3.38. The molecule has 0 unspecified atom stereocenters. The number of benzene rings is 2. The SMILES string of the molecule is Cc1ccc(S(=O)(=O)n2cc(B3OC(C)(C)C(C)(C)O3)c3ccc(F)cc32)cc1. The molecule has 152 valence electrons. The quantitative estimate of drug-likeness (QED) is 0.614. The van der Waals surface area contributed by atoms with Gasteiger partial charge in [0.2, 0.25) is 0 Å². The van der Waals surface area contributed by atoms with Crippen molar-refractivity contribution in [3.8, 4) is 0 Å². The van der Waals surface area contributed by atoms with Gasteiger partial charge >= 0.3 is 7.12 Å². The lowest BCUT2D eigenvalue weighted by Crippen LogP contribution is -2.41. The summed E-state index contributed by atoms with van der Waals surface area (Å²) in [7, 11) is -4.69. The Hall–Kier alpha value is -2.16. The van der Waals surface area contributed by atoms with Gasteiger partial charge in [0.15, 0.2) is 0 Å². The van der Waals surface area contributed by atoms with E-state index >= 15 is 0 Å². The normalized spacial score (nSPS) is 18.5. The Kier molecular flexibility index (Phi) is 4.46. The third-order valence-corrected chi connectivity index (χ3v) is 7.54. The van der Waals surface area contributed by atoms with Crippen LogP contribution in [0.25, 0.3) is 10.9 Å². The standard InChI is InChI=1S/C21H23BFNO4S/c1-14-6-9-16(10-7-14)29(25,26)24-13-18(17-11-8-15(23)12-19(17)24)22-27-20(2,3)21(4,5)28-22/h6-13H,1-5H3. The molecule has 0 N–H and O–H groups in total. The Labute approximate surface area is 170 Å². The molecule has 0 aliphatic carbocycles. The minimum absolute atomic E-state index is 0.129. The van der Waals surface area contributed by atoms with Crippen molar-refractivity contribution in [2.24, 2.45) is 0 Å². The zero-order chi connectivity index (χ0) is 21.2. The van der Waals surface area contributed by atoms with Crippen LogP contribution in [0.1, 0.15) is 33.3 Å². The molecule has 1 saturated heterocycles. The molecule has 8 heteroatoms. The molecule has 0 amide bonds. The van der Waals surface area contributed by atoms with Crippen molar-refractivity contribution in [1.82, 2.24) is 3.97 Å². The summed E-state index contributed by atoms with van der Waals surface area (Å²) < 4.78 is 54.0. The highest BCUT2D eigenvalue weighted by Gasteiger charge is 2.52. The first-order valence-corrected chi connectivity index (χ1v) is 10.8. The summed E-state index contributed by atoms with van der Waals surface area (Å²) in [5, 5.41) is 0.570. The summed E-state index contributed by atoms with van der Waals surface area (Å²) in [5.74, 6) is -0.517. The van der Waals surface area contributed by atoms with E-state index in [0.717, 1.165) is 9.54 Å². The zero-order valence-corrected chi connectivity index (χ0v) is 17.9. The van der Waals surface area contributed by atoms with Crippen molar-refractivity contribution in [2.45, 2.75) is 50.7 Å². The van der Waals surface area contributed by atoms with Gasteiger partial charge in [-0.1, -0.05) is 23.8 Å². The topological polar surface area (TPSA) is 57.5 Å². The van der Waals surface area contributed by atoms with E-state index in [1.807, 2.05) is 34.6 Å². The summed E-state index contributed by atoms with van der Waals surface area (Å²) in [4.78, 5) is 0.129. The lowest BCUT2D eigenvalue weighted by molar-refractivity contribution is 0.00578. The van der Waals surface area contributed by atoms with Gasteiger partial charge in [0.25, 0.3) is 10.0 Å². The minimum atomic E-state index is -3.93. The second-order valence-electron chi connectivity index (χ2n) is 8.45. The molecule has 0 bridgehead atoms. The first-order valence-electron chi connectivity index (χ1n) is 9.41. The Morgan fingerprint density at radius 1 is 0.966 bits per heavy atom. The summed E-state index contributed by atoms with van der Waals surface area (Å²) in [5.41, 5.74) is 0.582. The summed E-state index contributed by atoms with van der Waals surface area (Å²) in [6.45, 7) is 9.58. The highest BCUT2D eigenvalue weighted by molar-refractivity contribution is 7.90. The third kappa shape index (κ3) is 3.19. The maximum Gasteiger partial charge on any atom is 0.497 e. The number of rotatable bonds is 3. The number of fused-ring (bicyclic) bond motifs is 1. The lowest BCUT2D eigenvalue weighted by Gasteiger charge is -2.32. The van der Waals surface area contributed by atoms with Gasteiger partial charge in [0, 0.05) is 17.0 Å². The Bertz CT molecular complexity index is 1180. The molecule has 1 aliphatic heterocycles. The first-order chi connectivity index (χ1) is 13.4. The molecular weight excluding hydrogens is 392 g/mol. The van der Waals surface area contributed by atoms with Gasteiger partial charge in [-0.05, 0) is 58.9 Å². The molecule has 1 aliphatic rings. The number of aryl methyl sites for hydroxylation is 1. The van der Waals surface area contributed by atoms with E-state index in [0.29, 0.717) is 10.8 Å². The molecule has 5 nitrogen and oxygen atoms in total. The largest absolute Gasteiger partial charge is 0.497 e. The molecule has 0 radical (unpaired) electrons. The van der Waals surface area contributed by atoms with Crippen LogP contribution in [0.5, 0.6) is 0 Å². The van der Waals surface area contributed by atoms with Crippen LogP contribution in [-0.2, 0) is 19.3 Å². The molecule has 0 spiro atoms. The predicted octanol–water partition coefficient (Wildman–Crippen LogP) is 3.63. The Morgan fingerprint density at radius 2 is 1.55 bits per heavy atom. The summed E-state index contributed by atoms with van der Waals surface area (Å²) in [6.07, 6.45) is 1.47. The maximum atomic E-state index is 14.0. The molecule has 2 aromatic carbocycles. The van der Waals surface area contributed by atoms with Gasteiger partial charge in [-0.15, -0.1) is 0 Å². The van der Waals surface area contributed by atoms with Gasteiger partial charge in [-0.2, -0.15) is 0 Å². The number of hydrogen-bond donors (Lipinski definition) is 0. The monoisotopic (exact) mass is 415 g/mol. The van der Waals surface area contributed by atoms with Crippen LogP contribution in [0.4, 0.5) is 4.39 Å². The molecule has 2 heterocycles. The minimum Gasteiger partial charge on any atom is -0.399 e. The second-order valence-corrected chi connectivity index (χ2v) is 10.3. The van der Waals surface area contributed by atoms with E-state index in [1.54, 1.807) is 30.3 Å². The fourth-order valence-corrected chi connectivity index (χ4v) is 4.75. The Balaban J connectivity index is 1.91. The van der Waals surface area contributed by atoms with Crippen molar-refractivity contribution >= 4 is 33.5 Å². The number of nitrogens with zero attached hydrogens (tertiary/aromatic N) is 1. The fraction of sp³-hybridized carbons (Fsp3) is 0.333. The van der Waals surface area contributed by atoms with Crippen molar-refractivity contribution < 1.29 is 22.1 Å². The number of hydrogen-bond acceptors (Lipinski definition) is 4. The van der Waals surface area contributed by atoms with Gasteiger partial charge < -0.3 is 9.31 Å². The summed E-state index contributed by atoms with van der Waals surface area (Å²) >= 11 is 0. The van der Waals surface area contributed by atoms with E-state index < -0.39 is 34.2 Å². The van der Waals surface area contributed by atoms with Crippen LogP contribution in [0.15, 0.2) is 53.6 Å². The molecule has 29 heavy (non-hydrogen) atoms. The molecule has 0 saturated carbocycles. The van der Waals surface area contributed by atoms with E-state index in [9.17, 15) is 12.8 Å². The van der Waals surface area contributed by atoms with Gasteiger partial charge in [0.05, 0.1) is 21.6 Å². The van der Waals surface area contributed by atoms with Crippen molar-refractivity contribution in [2.75, 3.05) is 0 Å². The van der Waals surface area contributed by atoms with Gasteiger partial charge in [-0.3, -0.25) is 0 Å². The number of halogens is 1. The van der Waals surface area contributed by atoms with Crippen LogP contribution < -0.4 is 5.46 Å². The highest BCUT2D eigenvalue weighted by Crippen LogP contribution is 2.37. The molecule has 4 rings (SSSR count).